The summed E-state index contributed by atoms with van der Waals surface area (Å²) >= 11 is 17.1. The molecule has 0 aliphatic heterocycles. The van der Waals surface area contributed by atoms with Crippen LogP contribution >= 0.6 is 35.4 Å². The molecule has 30 heavy (non-hydrogen) atoms. The number of anilines is 1. The number of aromatic carboxylic acids is 1. The summed E-state index contributed by atoms with van der Waals surface area (Å²) in [6, 6.07) is 14.5. The molecule has 0 aliphatic carbocycles. The number of carboxylic acids is 1. The van der Waals surface area contributed by atoms with Crippen molar-refractivity contribution in [3.05, 3.63) is 82.0 Å². The molecular formula is C21H14Cl2N2O4S. The molecule has 9 heteroatoms. The van der Waals surface area contributed by atoms with Gasteiger partial charge in [-0.05, 0) is 66.8 Å². The van der Waals surface area contributed by atoms with Gasteiger partial charge in [0.25, 0.3) is 0 Å². The van der Waals surface area contributed by atoms with Gasteiger partial charge < -0.3 is 14.8 Å². The Hall–Kier alpha value is -3.13. The van der Waals surface area contributed by atoms with E-state index in [-0.39, 0.29) is 10.7 Å². The first-order valence-electron chi connectivity index (χ1n) is 8.50. The standard InChI is InChI=1S/C21H14Cl2N2O4S/c22-13-4-7-16(17(23)11-13)18-8-5-15(29-18)6-9-19(26)25-21(30)24-14-3-1-2-12(10-14)20(27)28/h1-11H,(H,27,28)(H2,24,25,26,30)/b9-6+. The number of benzene rings is 2. The minimum Gasteiger partial charge on any atom is -0.478 e. The van der Waals surface area contributed by atoms with Crippen molar-refractivity contribution in [2.24, 2.45) is 0 Å². The minimum atomic E-state index is -1.06. The smallest absolute Gasteiger partial charge is 0.335 e. The lowest BCUT2D eigenvalue weighted by atomic mass is 10.2. The fraction of sp³-hybridized carbons (Fsp3) is 0. The number of furan rings is 1. The number of carboxylic acid groups (broad SMARTS) is 1. The SMILES string of the molecule is O=C(/C=C/c1ccc(-c2ccc(Cl)cc2Cl)o1)NC(=S)Nc1cccc(C(=O)O)c1. The zero-order valence-electron chi connectivity index (χ0n) is 15.2. The number of halogens is 2. The molecule has 0 saturated heterocycles. The summed E-state index contributed by atoms with van der Waals surface area (Å²) in [5.74, 6) is -0.565. The lowest BCUT2D eigenvalue weighted by Gasteiger charge is -2.08. The van der Waals surface area contributed by atoms with Crippen molar-refractivity contribution in [2.75, 3.05) is 5.32 Å². The molecular weight excluding hydrogens is 447 g/mol. The van der Waals surface area contributed by atoms with Gasteiger partial charge >= 0.3 is 5.97 Å². The first-order chi connectivity index (χ1) is 14.3. The summed E-state index contributed by atoms with van der Waals surface area (Å²) in [7, 11) is 0. The highest BCUT2D eigenvalue weighted by molar-refractivity contribution is 7.80. The van der Waals surface area contributed by atoms with Gasteiger partial charge in [0.15, 0.2) is 5.11 Å². The van der Waals surface area contributed by atoms with E-state index in [1.165, 1.54) is 24.3 Å². The molecule has 0 fully saturated rings. The number of carbonyl (C=O) groups is 2. The molecule has 1 amide bonds. The maximum Gasteiger partial charge on any atom is 0.335 e. The average molecular weight is 461 g/mol. The molecule has 3 rings (SSSR count). The van der Waals surface area contributed by atoms with Crippen LogP contribution in [0, 0.1) is 0 Å². The van der Waals surface area contributed by atoms with Crippen molar-refractivity contribution in [1.82, 2.24) is 5.32 Å². The van der Waals surface area contributed by atoms with Crippen LogP contribution in [0.5, 0.6) is 0 Å². The summed E-state index contributed by atoms with van der Waals surface area (Å²) in [6.45, 7) is 0. The van der Waals surface area contributed by atoms with E-state index < -0.39 is 11.9 Å². The Morgan fingerprint density at radius 2 is 1.87 bits per heavy atom. The van der Waals surface area contributed by atoms with Gasteiger partial charge in [-0.2, -0.15) is 0 Å². The van der Waals surface area contributed by atoms with Crippen molar-refractivity contribution in [3.8, 4) is 11.3 Å². The van der Waals surface area contributed by atoms with Crippen LogP contribution in [0.25, 0.3) is 17.4 Å². The number of hydrogen-bond donors (Lipinski definition) is 3. The van der Waals surface area contributed by atoms with Gasteiger partial charge in [0.2, 0.25) is 5.91 Å². The number of thiocarbonyl (C=S) groups is 1. The lowest BCUT2D eigenvalue weighted by molar-refractivity contribution is -0.115. The van der Waals surface area contributed by atoms with Crippen molar-refractivity contribution >= 4 is 64.2 Å². The number of carbonyl (C=O) groups excluding carboxylic acids is 1. The summed E-state index contributed by atoms with van der Waals surface area (Å²) in [5.41, 5.74) is 1.22. The topological polar surface area (TPSA) is 91.6 Å². The number of rotatable bonds is 5. The lowest BCUT2D eigenvalue weighted by Crippen LogP contribution is -2.32. The van der Waals surface area contributed by atoms with E-state index in [1.54, 1.807) is 42.5 Å². The van der Waals surface area contributed by atoms with Crippen LogP contribution in [0.3, 0.4) is 0 Å². The van der Waals surface area contributed by atoms with Crippen LogP contribution in [0.1, 0.15) is 16.1 Å². The van der Waals surface area contributed by atoms with Crippen LogP contribution in [0.2, 0.25) is 10.0 Å². The molecule has 0 spiro atoms. The Kier molecular flexibility index (Phi) is 6.89. The van der Waals surface area contributed by atoms with E-state index in [9.17, 15) is 9.59 Å². The van der Waals surface area contributed by atoms with Crippen LogP contribution in [0.4, 0.5) is 5.69 Å². The van der Waals surface area contributed by atoms with Gasteiger partial charge in [-0.25, -0.2) is 4.79 Å². The van der Waals surface area contributed by atoms with Gasteiger partial charge in [-0.15, -0.1) is 0 Å². The summed E-state index contributed by atoms with van der Waals surface area (Å²) in [4.78, 5) is 23.1. The fourth-order valence-corrected chi connectivity index (χ4v) is 3.20. The van der Waals surface area contributed by atoms with Gasteiger partial charge in [0, 0.05) is 22.3 Å². The molecule has 1 heterocycles. The minimum absolute atomic E-state index is 0.0280. The molecule has 0 unspecified atom stereocenters. The second-order valence-electron chi connectivity index (χ2n) is 5.99. The monoisotopic (exact) mass is 460 g/mol. The predicted octanol–water partition coefficient (Wildman–Crippen LogP) is 5.48. The normalized spacial score (nSPS) is 10.7. The fourth-order valence-electron chi connectivity index (χ4n) is 2.48. The molecule has 0 saturated carbocycles. The summed E-state index contributed by atoms with van der Waals surface area (Å²) in [5, 5.41) is 15.2. The second-order valence-corrected chi connectivity index (χ2v) is 7.24. The third kappa shape index (κ3) is 5.70. The van der Waals surface area contributed by atoms with Gasteiger partial charge in [0.1, 0.15) is 11.5 Å². The Bertz CT molecular complexity index is 1160. The third-order valence-corrected chi connectivity index (χ3v) is 4.58. The zero-order valence-corrected chi connectivity index (χ0v) is 17.5. The van der Waals surface area contributed by atoms with E-state index >= 15 is 0 Å². The van der Waals surface area contributed by atoms with Crippen LogP contribution in [-0.4, -0.2) is 22.1 Å². The second kappa shape index (κ2) is 9.58. The third-order valence-electron chi connectivity index (χ3n) is 3.83. The summed E-state index contributed by atoms with van der Waals surface area (Å²) < 4.78 is 5.68. The Morgan fingerprint density at radius 3 is 2.60 bits per heavy atom. The van der Waals surface area contributed by atoms with Crippen molar-refractivity contribution in [3.63, 3.8) is 0 Å². The van der Waals surface area contributed by atoms with E-state index in [2.05, 4.69) is 10.6 Å². The quantitative estimate of drug-likeness (QED) is 0.345. The molecule has 3 aromatic rings. The van der Waals surface area contributed by atoms with Crippen LogP contribution in [-0.2, 0) is 4.79 Å². The first-order valence-corrected chi connectivity index (χ1v) is 9.67. The van der Waals surface area contributed by atoms with E-state index in [0.717, 1.165) is 0 Å². The van der Waals surface area contributed by atoms with E-state index in [1.807, 2.05) is 0 Å². The van der Waals surface area contributed by atoms with Gasteiger partial charge in [-0.3, -0.25) is 10.1 Å². The number of nitrogens with one attached hydrogen (secondary N) is 2. The molecule has 0 radical (unpaired) electrons. The maximum absolute atomic E-state index is 12.1. The van der Waals surface area contributed by atoms with E-state index in [0.29, 0.717) is 32.8 Å². The molecule has 3 N–H and O–H groups in total. The maximum atomic E-state index is 12.1. The van der Waals surface area contributed by atoms with Gasteiger partial charge in [0.05, 0.1) is 10.6 Å². The zero-order chi connectivity index (χ0) is 21.7. The van der Waals surface area contributed by atoms with Crippen LogP contribution in [0.15, 0.2) is 65.1 Å². The molecule has 0 aliphatic rings. The largest absolute Gasteiger partial charge is 0.478 e. The highest BCUT2D eigenvalue weighted by atomic mass is 35.5. The molecule has 2 aromatic carbocycles. The summed E-state index contributed by atoms with van der Waals surface area (Å²) in [6.07, 6.45) is 2.74. The molecule has 1 aromatic heterocycles. The first kappa shape index (κ1) is 21.6. The average Bonchev–Trinajstić information content (AvgIpc) is 3.15. The molecule has 152 valence electrons. The number of amides is 1. The molecule has 0 atom stereocenters. The predicted molar refractivity (Wildman–Crippen MR) is 121 cm³/mol. The Balaban J connectivity index is 1.59. The molecule has 0 bridgehead atoms. The molecule has 6 nitrogen and oxygen atoms in total. The van der Waals surface area contributed by atoms with Gasteiger partial charge in [-0.1, -0.05) is 29.3 Å². The highest BCUT2D eigenvalue weighted by Crippen LogP contribution is 2.31. The Labute approximate surface area is 187 Å². The number of hydrogen-bond acceptors (Lipinski definition) is 4. The Morgan fingerprint density at radius 1 is 1.07 bits per heavy atom. The van der Waals surface area contributed by atoms with Crippen molar-refractivity contribution in [1.29, 1.82) is 0 Å². The van der Waals surface area contributed by atoms with Crippen LogP contribution < -0.4 is 10.6 Å². The highest BCUT2D eigenvalue weighted by Gasteiger charge is 2.09. The van der Waals surface area contributed by atoms with Crippen molar-refractivity contribution in [2.45, 2.75) is 0 Å². The van der Waals surface area contributed by atoms with E-state index in [4.69, 9.17) is 44.9 Å². The van der Waals surface area contributed by atoms with Crippen molar-refractivity contribution < 1.29 is 19.1 Å².